The molecule has 106 valence electrons. The van der Waals surface area contributed by atoms with Gasteiger partial charge in [0.05, 0.1) is 16.6 Å². The van der Waals surface area contributed by atoms with Gasteiger partial charge in [-0.05, 0) is 26.0 Å². The Kier molecular flexibility index (Phi) is 3.92. The first kappa shape index (κ1) is 13.9. The molecule has 1 aromatic heterocycles. The monoisotopic (exact) mass is 279 g/mol. The molecule has 0 atom stereocenters. The molecule has 8 heteroatoms. The fourth-order valence-electron chi connectivity index (χ4n) is 1.94. The van der Waals surface area contributed by atoms with Gasteiger partial charge in [-0.3, -0.25) is 14.7 Å². The van der Waals surface area contributed by atoms with Crippen LogP contribution in [0, 0.1) is 15.9 Å². The highest BCUT2D eigenvalue weighted by Gasteiger charge is 2.22. The molecule has 1 aromatic carbocycles. The number of hydrogen-bond acceptors (Lipinski definition) is 5. The smallest absolute Gasteiger partial charge is 0.283 e. The van der Waals surface area contributed by atoms with Crippen LogP contribution in [0.15, 0.2) is 18.2 Å². The molecule has 0 aliphatic heterocycles. The third kappa shape index (κ3) is 2.44. The van der Waals surface area contributed by atoms with Crippen LogP contribution < -0.4 is 5.32 Å². The van der Waals surface area contributed by atoms with Crippen molar-refractivity contribution in [3.8, 4) is 11.4 Å². The summed E-state index contributed by atoms with van der Waals surface area (Å²) in [6.45, 7) is 4.99. The topological polar surface area (TPSA) is 85.9 Å². The fraction of sp³-hybridized carbons (Fsp3) is 0.333. The zero-order valence-electron chi connectivity index (χ0n) is 11.1. The summed E-state index contributed by atoms with van der Waals surface area (Å²) in [4.78, 5) is 10.4. The zero-order chi connectivity index (χ0) is 14.7. The van der Waals surface area contributed by atoms with Crippen molar-refractivity contribution in [1.29, 1.82) is 0 Å². The molecule has 0 unspecified atom stereocenters. The lowest BCUT2D eigenvalue weighted by Gasteiger charge is -2.08. The van der Waals surface area contributed by atoms with Crippen molar-refractivity contribution in [3.63, 3.8) is 0 Å². The quantitative estimate of drug-likeness (QED) is 0.671. The number of anilines is 1. The van der Waals surface area contributed by atoms with Crippen molar-refractivity contribution >= 4 is 11.6 Å². The van der Waals surface area contributed by atoms with Gasteiger partial charge in [0, 0.05) is 13.1 Å². The van der Waals surface area contributed by atoms with E-state index in [9.17, 15) is 14.5 Å². The van der Waals surface area contributed by atoms with Gasteiger partial charge in [-0.15, -0.1) is 10.2 Å². The number of nitrogens with one attached hydrogen (secondary N) is 1. The molecule has 0 spiro atoms. The number of rotatable bonds is 5. The minimum atomic E-state index is -0.657. The first-order valence-electron chi connectivity index (χ1n) is 6.19. The van der Waals surface area contributed by atoms with Gasteiger partial charge in [0.25, 0.3) is 5.69 Å². The molecule has 20 heavy (non-hydrogen) atoms. The van der Waals surface area contributed by atoms with E-state index in [0.717, 1.165) is 6.07 Å². The predicted molar refractivity (Wildman–Crippen MR) is 71.9 cm³/mol. The Bertz CT molecular complexity index is 641. The van der Waals surface area contributed by atoms with Gasteiger partial charge in [0.15, 0.2) is 5.82 Å². The Morgan fingerprint density at radius 3 is 2.75 bits per heavy atom. The van der Waals surface area contributed by atoms with Gasteiger partial charge >= 0.3 is 0 Å². The van der Waals surface area contributed by atoms with Crippen molar-refractivity contribution in [2.24, 2.45) is 0 Å². The third-order valence-electron chi connectivity index (χ3n) is 2.80. The van der Waals surface area contributed by atoms with E-state index in [1.54, 1.807) is 4.57 Å². The number of nitro groups is 1. The molecule has 1 N–H and O–H groups in total. The zero-order valence-corrected chi connectivity index (χ0v) is 11.1. The normalized spacial score (nSPS) is 10.6. The molecule has 0 saturated heterocycles. The lowest BCUT2D eigenvalue weighted by Crippen LogP contribution is -2.07. The standard InChI is InChI=1S/C12H14FN5O2/c1-3-14-12-16-15-11(17(12)4-2)9-6-5-8(13)7-10(9)18(19)20/h5-7H,3-4H2,1-2H3,(H,14,16). The van der Waals surface area contributed by atoms with E-state index in [2.05, 4.69) is 15.5 Å². The Morgan fingerprint density at radius 2 is 2.15 bits per heavy atom. The lowest BCUT2D eigenvalue weighted by atomic mass is 10.1. The highest BCUT2D eigenvalue weighted by Crippen LogP contribution is 2.30. The molecule has 2 rings (SSSR count). The molecule has 0 aliphatic rings. The van der Waals surface area contributed by atoms with E-state index in [1.165, 1.54) is 12.1 Å². The Hall–Kier alpha value is -2.51. The summed E-state index contributed by atoms with van der Waals surface area (Å²) >= 11 is 0. The van der Waals surface area contributed by atoms with E-state index in [4.69, 9.17) is 0 Å². The van der Waals surface area contributed by atoms with Crippen LogP contribution in [0.1, 0.15) is 13.8 Å². The highest BCUT2D eigenvalue weighted by molar-refractivity contribution is 5.69. The molecular formula is C12H14FN5O2. The Morgan fingerprint density at radius 1 is 1.40 bits per heavy atom. The Balaban J connectivity index is 2.59. The molecule has 1 heterocycles. The van der Waals surface area contributed by atoms with Crippen molar-refractivity contribution in [1.82, 2.24) is 14.8 Å². The van der Waals surface area contributed by atoms with Crippen LogP contribution in [0.2, 0.25) is 0 Å². The summed E-state index contributed by atoms with van der Waals surface area (Å²) in [6.07, 6.45) is 0. The van der Waals surface area contributed by atoms with E-state index < -0.39 is 10.7 Å². The number of hydrogen-bond donors (Lipinski definition) is 1. The fourth-order valence-corrected chi connectivity index (χ4v) is 1.94. The van der Waals surface area contributed by atoms with Gasteiger partial charge in [-0.1, -0.05) is 0 Å². The first-order chi connectivity index (χ1) is 9.58. The summed E-state index contributed by atoms with van der Waals surface area (Å²) in [5.74, 6) is 0.216. The van der Waals surface area contributed by atoms with Crippen molar-refractivity contribution in [2.75, 3.05) is 11.9 Å². The van der Waals surface area contributed by atoms with Crippen molar-refractivity contribution in [2.45, 2.75) is 20.4 Å². The van der Waals surface area contributed by atoms with Crippen LogP contribution in [0.4, 0.5) is 16.0 Å². The summed E-state index contributed by atoms with van der Waals surface area (Å²) in [6, 6.07) is 3.40. The van der Waals surface area contributed by atoms with Gasteiger partial charge in [0.2, 0.25) is 5.95 Å². The van der Waals surface area contributed by atoms with Crippen LogP contribution in [0.25, 0.3) is 11.4 Å². The maximum Gasteiger partial charge on any atom is 0.283 e. The summed E-state index contributed by atoms with van der Waals surface area (Å²) in [5, 5.41) is 22.0. The Labute approximate surface area is 114 Å². The summed E-state index contributed by atoms with van der Waals surface area (Å²) in [7, 11) is 0. The van der Waals surface area contributed by atoms with Crippen LogP contribution in [0.5, 0.6) is 0 Å². The SMILES string of the molecule is CCNc1nnc(-c2ccc(F)cc2[N+](=O)[O-])n1CC. The predicted octanol–water partition coefficient (Wildman–Crippen LogP) is 2.44. The number of aromatic nitrogens is 3. The van der Waals surface area contributed by atoms with Gasteiger partial charge in [-0.2, -0.15) is 0 Å². The van der Waals surface area contributed by atoms with E-state index in [1.807, 2.05) is 13.8 Å². The van der Waals surface area contributed by atoms with Crippen LogP contribution in [0.3, 0.4) is 0 Å². The molecule has 0 fully saturated rings. The van der Waals surface area contributed by atoms with E-state index in [0.29, 0.717) is 24.9 Å². The molecule has 2 aromatic rings. The minimum Gasteiger partial charge on any atom is -0.355 e. The second-order valence-corrected chi connectivity index (χ2v) is 4.04. The average Bonchev–Trinajstić information content (AvgIpc) is 2.81. The second kappa shape index (κ2) is 5.64. The summed E-state index contributed by atoms with van der Waals surface area (Å²) in [5.41, 5.74) is -0.0787. The van der Waals surface area contributed by atoms with Crippen molar-refractivity contribution in [3.05, 3.63) is 34.1 Å². The molecule has 0 amide bonds. The highest BCUT2D eigenvalue weighted by atomic mass is 19.1. The van der Waals surface area contributed by atoms with E-state index in [-0.39, 0.29) is 11.3 Å². The average molecular weight is 279 g/mol. The molecule has 0 aliphatic carbocycles. The molecule has 7 nitrogen and oxygen atoms in total. The third-order valence-corrected chi connectivity index (χ3v) is 2.80. The maximum atomic E-state index is 13.2. The summed E-state index contributed by atoms with van der Waals surface area (Å²) < 4.78 is 14.9. The maximum absolute atomic E-state index is 13.2. The molecule has 0 bridgehead atoms. The number of nitro benzene ring substituents is 1. The van der Waals surface area contributed by atoms with Crippen molar-refractivity contribution < 1.29 is 9.31 Å². The molecular weight excluding hydrogens is 265 g/mol. The number of halogens is 1. The van der Waals surface area contributed by atoms with Crippen LogP contribution in [-0.4, -0.2) is 26.2 Å². The molecule has 0 saturated carbocycles. The minimum absolute atomic E-state index is 0.245. The number of nitrogens with zero attached hydrogens (tertiary/aromatic N) is 4. The van der Waals surface area contributed by atoms with Gasteiger partial charge in [-0.25, -0.2) is 4.39 Å². The lowest BCUT2D eigenvalue weighted by molar-refractivity contribution is -0.384. The number of benzene rings is 1. The van der Waals surface area contributed by atoms with Gasteiger partial charge in [0.1, 0.15) is 5.82 Å². The molecule has 0 radical (unpaired) electrons. The largest absolute Gasteiger partial charge is 0.355 e. The first-order valence-corrected chi connectivity index (χ1v) is 6.19. The van der Waals surface area contributed by atoms with Crippen LogP contribution in [-0.2, 0) is 6.54 Å². The van der Waals surface area contributed by atoms with E-state index >= 15 is 0 Å². The van der Waals surface area contributed by atoms with Crippen LogP contribution >= 0.6 is 0 Å². The van der Waals surface area contributed by atoms with Gasteiger partial charge < -0.3 is 5.32 Å². The second-order valence-electron chi connectivity index (χ2n) is 4.04.